The summed E-state index contributed by atoms with van der Waals surface area (Å²) in [6.45, 7) is 5.61. The number of piperidine rings is 1. The molecule has 0 bridgehead atoms. The van der Waals surface area contributed by atoms with Gasteiger partial charge in [-0.2, -0.15) is 0 Å². The molecular weight excluding hydrogens is 580 g/mol. The monoisotopic (exact) mass is 624 g/mol. The predicted molar refractivity (Wildman–Crippen MR) is 178 cm³/mol. The second kappa shape index (κ2) is 13.5. The molecule has 0 aromatic heterocycles. The van der Waals surface area contributed by atoms with Crippen LogP contribution in [0.4, 0.5) is 0 Å². The van der Waals surface area contributed by atoms with E-state index >= 15 is 0 Å². The molecule has 7 N–H and O–H groups in total. The molecule has 1 heterocycles. The van der Waals surface area contributed by atoms with Crippen molar-refractivity contribution in [3.8, 4) is 5.75 Å². The maximum absolute atomic E-state index is 13.4. The fraction of sp³-hybridized carbons (Fsp3) is 0.378. The average molecular weight is 625 g/mol. The molecule has 1 aliphatic carbocycles. The Hall–Kier alpha value is -4.47. The highest BCUT2D eigenvalue weighted by molar-refractivity contribution is 6.18. The van der Waals surface area contributed by atoms with E-state index in [0.29, 0.717) is 43.5 Å². The second-order valence-corrected chi connectivity index (χ2v) is 12.7. The Morgan fingerprint density at radius 3 is 2.39 bits per heavy atom. The zero-order chi connectivity index (χ0) is 33.1. The Kier molecular flexibility index (Phi) is 9.65. The molecule has 3 aromatic carbocycles. The first-order chi connectivity index (χ1) is 22.0. The molecule has 0 spiro atoms. The van der Waals surface area contributed by atoms with E-state index in [-0.39, 0.29) is 41.6 Å². The molecular formula is C37H44N4O5. The third-order valence-electron chi connectivity index (χ3n) is 10.2. The van der Waals surface area contributed by atoms with Crippen LogP contribution in [0.15, 0.2) is 72.9 Å². The van der Waals surface area contributed by atoms with Crippen LogP contribution in [-0.2, 0) is 27.8 Å². The van der Waals surface area contributed by atoms with Crippen LogP contribution in [0.1, 0.15) is 70.8 Å². The van der Waals surface area contributed by atoms with Gasteiger partial charge in [0.2, 0.25) is 0 Å². The molecule has 2 aliphatic rings. The standard InChI is InChI=1S/C37H44N4O5/c1-24-8-13-30(35(45)40-19-15-27-9-11-28(12-10-27)31(23-38)34(39)44)33(43)32(24)36-18-21-41(20-16-26-6-4-3-5-7-26)25(2)37(36,46)17-14-29(42)22-36/h3-13,23,25,43,46H,14-22,38H2,1-2H3,(H2,39,44)(H,40,45)/b31-23-. The van der Waals surface area contributed by atoms with E-state index in [9.17, 15) is 24.6 Å². The minimum Gasteiger partial charge on any atom is -0.507 e. The first-order valence-corrected chi connectivity index (χ1v) is 15.9. The van der Waals surface area contributed by atoms with Gasteiger partial charge in [-0.15, -0.1) is 0 Å². The highest BCUT2D eigenvalue weighted by atomic mass is 16.3. The van der Waals surface area contributed by atoms with E-state index in [4.69, 9.17) is 11.5 Å². The molecule has 1 saturated heterocycles. The number of nitrogens with zero attached hydrogens (tertiary/aromatic N) is 1. The Bertz CT molecular complexity index is 1640. The number of carbonyl (C=O) groups is 3. The number of amides is 2. The van der Waals surface area contributed by atoms with Crippen molar-refractivity contribution in [2.24, 2.45) is 11.5 Å². The minimum atomic E-state index is -1.27. The SMILES string of the molecule is Cc1ccc(C(=O)NCCc2ccc(/C(=C/N)C(N)=O)cc2)c(O)c1C12CCN(CCc3ccccc3)C(C)C1(O)CCC(=O)C2. The van der Waals surface area contributed by atoms with Gasteiger partial charge >= 0.3 is 0 Å². The second-order valence-electron chi connectivity index (χ2n) is 12.7. The number of carbonyl (C=O) groups excluding carboxylic acids is 3. The number of nitrogens with one attached hydrogen (secondary N) is 1. The molecule has 242 valence electrons. The zero-order valence-electron chi connectivity index (χ0n) is 26.6. The Balaban J connectivity index is 1.35. The lowest BCUT2D eigenvalue weighted by Crippen LogP contribution is -2.70. The van der Waals surface area contributed by atoms with Crippen LogP contribution in [-0.4, -0.2) is 64.0 Å². The fourth-order valence-electron chi connectivity index (χ4n) is 7.61. The minimum absolute atomic E-state index is 0.0548. The summed E-state index contributed by atoms with van der Waals surface area (Å²) in [6, 6.07) is 20.5. The first kappa shape index (κ1) is 32.9. The summed E-state index contributed by atoms with van der Waals surface area (Å²) in [5.41, 5.74) is 13.0. The summed E-state index contributed by atoms with van der Waals surface area (Å²) in [5.74, 6) is -1.17. The average Bonchev–Trinajstić information content (AvgIpc) is 3.03. The molecule has 9 nitrogen and oxygen atoms in total. The molecule has 1 aliphatic heterocycles. The van der Waals surface area contributed by atoms with Crippen LogP contribution in [0.3, 0.4) is 0 Å². The smallest absolute Gasteiger partial charge is 0.255 e. The third-order valence-corrected chi connectivity index (χ3v) is 10.2. The van der Waals surface area contributed by atoms with Gasteiger partial charge in [0.1, 0.15) is 11.5 Å². The van der Waals surface area contributed by atoms with Gasteiger partial charge in [0, 0.05) is 49.2 Å². The molecule has 0 radical (unpaired) electrons. The Morgan fingerprint density at radius 2 is 1.72 bits per heavy atom. The van der Waals surface area contributed by atoms with Crippen molar-refractivity contribution in [3.63, 3.8) is 0 Å². The molecule has 3 aromatic rings. The normalized spacial score (nSPS) is 23.5. The van der Waals surface area contributed by atoms with Crippen LogP contribution in [0, 0.1) is 6.92 Å². The number of nitrogens with two attached hydrogens (primary N) is 2. The van der Waals surface area contributed by atoms with Crippen molar-refractivity contribution in [3.05, 3.63) is 106 Å². The molecule has 3 unspecified atom stereocenters. The van der Waals surface area contributed by atoms with Gasteiger partial charge < -0.3 is 27.0 Å². The lowest BCUT2D eigenvalue weighted by Gasteiger charge is -2.60. The van der Waals surface area contributed by atoms with E-state index in [1.807, 2.05) is 44.2 Å². The lowest BCUT2D eigenvalue weighted by molar-refractivity contribution is -0.164. The Labute approximate surface area is 270 Å². The molecule has 3 atom stereocenters. The van der Waals surface area contributed by atoms with Crippen LogP contribution >= 0.6 is 0 Å². The molecule has 1 saturated carbocycles. The number of ketones is 1. The number of hydrogen-bond donors (Lipinski definition) is 5. The number of Topliss-reactive ketones (excluding diaryl/α,β-unsaturated/α-hetero) is 1. The fourth-order valence-corrected chi connectivity index (χ4v) is 7.61. The first-order valence-electron chi connectivity index (χ1n) is 15.9. The van der Waals surface area contributed by atoms with E-state index in [0.717, 1.165) is 24.1 Å². The van der Waals surface area contributed by atoms with E-state index in [2.05, 4.69) is 22.3 Å². The number of aryl methyl sites for hydroxylation is 1. The largest absolute Gasteiger partial charge is 0.507 e. The van der Waals surface area contributed by atoms with Crippen LogP contribution in [0.2, 0.25) is 0 Å². The Morgan fingerprint density at radius 1 is 1.02 bits per heavy atom. The quantitative estimate of drug-likeness (QED) is 0.216. The summed E-state index contributed by atoms with van der Waals surface area (Å²) in [4.78, 5) is 40.3. The highest BCUT2D eigenvalue weighted by Crippen LogP contribution is 2.56. The molecule has 2 amide bonds. The van der Waals surface area contributed by atoms with E-state index in [1.165, 1.54) is 11.8 Å². The van der Waals surface area contributed by atoms with Crippen LogP contribution < -0.4 is 16.8 Å². The van der Waals surface area contributed by atoms with Gasteiger partial charge in [-0.05, 0) is 74.4 Å². The number of aliphatic hydroxyl groups is 1. The topological polar surface area (TPSA) is 159 Å². The summed E-state index contributed by atoms with van der Waals surface area (Å²) in [5, 5.41) is 27.2. The number of phenols is 1. The number of rotatable bonds is 10. The molecule has 2 fully saturated rings. The maximum Gasteiger partial charge on any atom is 0.255 e. The van der Waals surface area contributed by atoms with Crippen molar-refractivity contribution < 1.29 is 24.6 Å². The van der Waals surface area contributed by atoms with Crippen molar-refractivity contribution in [1.82, 2.24) is 10.2 Å². The van der Waals surface area contributed by atoms with E-state index < -0.39 is 22.8 Å². The van der Waals surface area contributed by atoms with Gasteiger partial charge in [0.05, 0.1) is 16.7 Å². The van der Waals surface area contributed by atoms with Gasteiger partial charge in [0.25, 0.3) is 11.8 Å². The van der Waals surface area contributed by atoms with Crippen molar-refractivity contribution >= 4 is 23.2 Å². The predicted octanol–water partition coefficient (Wildman–Crippen LogP) is 3.52. The highest BCUT2D eigenvalue weighted by Gasteiger charge is 2.62. The number of primary amides is 1. The molecule has 9 heteroatoms. The number of fused-ring (bicyclic) bond motifs is 1. The third kappa shape index (κ3) is 6.17. The summed E-state index contributed by atoms with van der Waals surface area (Å²) >= 11 is 0. The summed E-state index contributed by atoms with van der Waals surface area (Å²) in [7, 11) is 0. The molecule has 5 rings (SSSR count). The number of phenolic OH excluding ortho intramolecular Hbond substituents is 1. The molecule has 46 heavy (non-hydrogen) atoms. The van der Waals surface area contributed by atoms with Gasteiger partial charge in [-0.3, -0.25) is 19.3 Å². The number of aromatic hydroxyl groups is 1. The van der Waals surface area contributed by atoms with Gasteiger partial charge in [-0.1, -0.05) is 60.7 Å². The number of likely N-dealkylation sites (tertiary alicyclic amines) is 1. The van der Waals surface area contributed by atoms with Crippen molar-refractivity contribution in [2.75, 3.05) is 19.6 Å². The summed E-state index contributed by atoms with van der Waals surface area (Å²) in [6.07, 6.45) is 3.72. The van der Waals surface area contributed by atoms with Gasteiger partial charge in [0.15, 0.2) is 0 Å². The number of hydrogen-bond acceptors (Lipinski definition) is 7. The lowest BCUT2D eigenvalue weighted by atomic mass is 9.52. The van der Waals surface area contributed by atoms with Crippen molar-refractivity contribution in [2.45, 2.75) is 69.4 Å². The van der Waals surface area contributed by atoms with E-state index in [1.54, 1.807) is 24.3 Å². The zero-order valence-corrected chi connectivity index (χ0v) is 26.6. The number of benzene rings is 3. The van der Waals surface area contributed by atoms with Crippen molar-refractivity contribution in [1.29, 1.82) is 0 Å². The summed E-state index contributed by atoms with van der Waals surface area (Å²) < 4.78 is 0. The maximum atomic E-state index is 13.4. The van der Waals surface area contributed by atoms with Crippen LogP contribution in [0.25, 0.3) is 5.57 Å². The van der Waals surface area contributed by atoms with Crippen LogP contribution in [0.5, 0.6) is 5.75 Å². The van der Waals surface area contributed by atoms with Gasteiger partial charge in [-0.25, -0.2) is 0 Å².